The first kappa shape index (κ1) is 14.5. The van der Waals surface area contributed by atoms with E-state index in [4.69, 9.17) is 16.3 Å². The van der Waals surface area contributed by atoms with Gasteiger partial charge in [-0.2, -0.15) is 0 Å². The molecule has 0 radical (unpaired) electrons. The van der Waals surface area contributed by atoms with Gasteiger partial charge in [0.15, 0.2) is 0 Å². The SMILES string of the molecule is COc1ccc(O)c(C(C)Nc2ccc(Cl)nc2C)c1. The molecule has 20 heavy (non-hydrogen) atoms. The van der Waals surface area contributed by atoms with Gasteiger partial charge in [-0.3, -0.25) is 0 Å². The van der Waals surface area contributed by atoms with Crippen molar-refractivity contribution in [3.63, 3.8) is 0 Å². The molecule has 0 amide bonds. The highest BCUT2D eigenvalue weighted by Crippen LogP contribution is 2.31. The van der Waals surface area contributed by atoms with Gasteiger partial charge in [-0.1, -0.05) is 11.6 Å². The summed E-state index contributed by atoms with van der Waals surface area (Å²) in [7, 11) is 1.60. The number of hydrogen-bond acceptors (Lipinski definition) is 4. The molecule has 0 bridgehead atoms. The van der Waals surface area contributed by atoms with Crippen LogP contribution in [0.2, 0.25) is 5.15 Å². The molecule has 0 fully saturated rings. The highest BCUT2D eigenvalue weighted by Gasteiger charge is 2.13. The van der Waals surface area contributed by atoms with Gasteiger partial charge in [0.25, 0.3) is 0 Å². The Kier molecular flexibility index (Phi) is 4.35. The molecule has 1 unspecified atom stereocenters. The highest BCUT2D eigenvalue weighted by molar-refractivity contribution is 6.29. The van der Waals surface area contributed by atoms with Crippen LogP contribution in [0.15, 0.2) is 30.3 Å². The number of aromatic nitrogens is 1. The first-order chi connectivity index (χ1) is 9.51. The third kappa shape index (κ3) is 3.14. The number of halogens is 1. The van der Waals surface area contributed by atoms with Crippen molar-refractivity contribution < 1.29 is 9.84 Å². The minimum atomic E-state index is -0.0909. The number of phenols is 1. The number of benzene rings is 1. The lowest BCUT2D eigenvalue weighted by molar-refractivity contribution is 0.410. The second-order valence-corrected chi connectivity index (χ2v) is 4.94. The van der Waals surface area contributed by atoms with Gasteiger partial charge in [0.1, 0.15) is 16.7 Å². The number of methoxy groups -OCH3 is 1. The van der Waals surface area contributed by atoms with Crippen molar-refractivity contribution in [2.45, 2.75) is 19.9 Å². The predicted molar refractivity (Wildman–Crippen MR) is 80.7 cm³/mol. The number of hydrogen-bond donors (Lipinski definition) is 2. The molecule has 1 atom stereocenters. The second kappa shape index (κ2) is 6.01. The zero-order chi connectivity index (χ0) is 14.7. The van der Waals surface area contributed by atoms with Crippen molar-refractivity contribution in [1.82, 2.24) is 4.98 Å². The number of aryl methyl sites for hydroxylation is 1. The molecular formula is C15H17ClN2O2. The zero-order valence-corrected chi connectivity index (χ0v) is 12.4. The summed E-state index contributed by atoms with van der Waals surface area (Å²) < 4.78 is 5.18. The molecule has 0 spiro atoms. The van der Waals surface area contributed by atoms with E-state index in [0.29, 0.717) is 10.9 Å². The average Bonchev–Trinajstić information content (AvgIpc) is 2.42. The van der Waals surface area contributed by atoms with Crippen LogP contribution in [0.3, 0.4) is 0 Å². The Hall–Kier alpha value is -1.94. The van der Waals surface area contributed by atoms with Gasteiger partial charge in [0.05, 0.1) is 24.5 Å². The van der Waals surface area contributed by atoms with Gasteiger partial charge in [0.2, 0.25) is 0 Å². The molecule has 1 heterocycles. The van der Waals surface area contributed by atoms with Crippen LogP contribution in [0, 0.1) is 6.92 Å². The van der Waals surface area contributed by atoms with Crippen molar-refractivity contribution in [2.75, 3.05) is 12.4 Å². The summed E-state index contributed by atoms with van der Waals surface area (Å²) in [5, 5.41) is 13.7. The monoisotopic (exact) mass is 292 g/mol. The van der Waals surface area contributed by atoms with E-state index in [-0.39, 0.29) is 11.8 Å². The maximum Gasteiger partial charge on any atom is 0.129 e. The van der Waals surface area contributed by atoms with Crippen LogP contribution in [0.1, 0.15) is 24.2 Å². The lowest BCUT2D eigenvalue weighted by Crippen LogP contribution is -2.08. The molecule has 0 aliphatic heterocycles. The number of pyridine rings is 1. The second-order valence-electron chi connectivity index (χ2n) is 4.56. The Morgan fingerprint density at radius 2 is 2.05 bits per heavy atom. The van der Waals surface area contributed by atoms with Crippen molar-refractivity contribution in [2.24, 2.45) is 0 Å². The molecule has 0 saturated carbocycles. The quantitative estimate of drug-likeness (QED) is 0.838. The van der Waals surface area contributed by atoms with Crippen LogP contribution in [-0.4, -0.2) is 17.2 Å². The number of nitrogens with zero attached hydrogens (tertiary/aromatic N) is 1. The van der Waals surface area contributed by atoms with E-state index < -0.39 is 0 Å². The molecule has 4 nitrogen and oxygen atoms in total. The molecule has 2 N–H and O–H groups in total. The third-order valence-electron chi connectivity index (χ3n) is 3.13. The molecule has 106 valence electrons. The first-order valence-corrected chi connectivity index (χ1v) is 6.65. The van der Waals surface area contributed by atoms with Crippen LogP contribution < -0.4 is 10.1 Å². The Labute approximate surface area is 123 Å². The van der Waals surface area contributed by atoms with Gasteiger partial charge in [-0.25, -0.2) is 4.98 Å². The number of anilines is 1. The normalized spacial score (nSPS) is 12.0. The van der Waals surface area contributed by atoms with E-state index in [2.05, 4.69) is 10.3 Å². The molecule has 0 aliphatic rings. The minimum absolute atomic E-state index is 0.0909. The van der Waals surface area contributed by atoms with Crippen LogP contribution in [0.25, 0.3) is 0 Å². The van der Waals surface area contributed by atoms with Gasteiger partial charge < -0.3 is 15.2 Å². The Morgan fingerprint density at radius 3 is 2.70 bits per heavy atom. The largest absolute Gasteiger partial charge is 0.508 e. The standard InChI is InChI=1S/C15H17ClN2O2/c1-9(12-8-11(20-3)4-6-14(12)19)17-13-5-7-15(16)18-10(13)2/h4-9,17,19H,1-3H3. The number of phenolic OH excluding ortho intramolecular Hbond substituents is 1. The average molecular weight is 293 g/mol. The number of nitrogens with one attached hydrogen (secondary N) is 1. The summed E-state index contributed by atoms with van der Waals surface area (Å²) in [5.74, 6) is 0.933. The van der Waals surface area contributed by atoms with Crippen LogP contribution in [-0.2, 0) is 0 Å². The molecule has 1 aromatic carbocycles. The number of aromatic hydroxyl groups is 1. The highest BCUT2D eigenvalue weighted by atomic mass is 35.5. The fourth-order valence-corrected chi connectivity index (χ4v) is 2.19. The van der Waals surface area contributed by atoms with Gasteiger partial charge in [0, 0.05) is 5.56 Å². The minimum Gasteiger partial charge on any atom is -0.508 e. The van der Waals surface area contributed by atoms with E-state index in [0.717, 1.165) is 16.9 Å². The zero-order valence-electron chi connectivity index (χ0n) is 11.6. The van der Waals surface area contributed by atoms with Crippen LogP contribution in [0.4, 0.5) is 5.69 Å². The number of rotatable bonds is 4. The van der Waals surface area contributed by atoms with Crippen LogP contribution >= 0.6 is 11.6 Å². The summed E-state index contributed by atoms with van der Waals surface area (Å²) in [6.45, 7) is 3.84. The molecular weight excluding hydrogens is 276 g/mol. The Morgan fingerprint density at radius 1 is 1.30 bits per heavy atom. The fraction of sp³-hybridized carbons (Fsp3) is 0.267. The lowest BCUT2D eigenvalue weighted by atomic mass is 10.1. The summed E-state index contributed by atoms with van der Waals surface area (Å²) in [5.41, 5.74) is 2.45. The smallest absolute Gasteiger partial charge is 0.129 e. The maximum absolute atomic E-state index is 9.96. The first-order valence-electron chi connectivity index (χ1n) is 6.28. The number of ether oxygens (including phenoxy) is 1. The van der Waals surface area contributed by atoms with E-state index >= 15 is 0 Å². The molecule has 1 aromatic heterocycles. The third-order valence-corrected chi connectivity index (χ3v) is 3.34. The van der Waals surface area contributed by atoms with Crippen molar-refractivity contribution in [3.05, 3.63) is 46.7 Å². The molecule has 0 saturated heterocycles. The molecule has 2 aromatic rings. The van der Waals surface area contributed by atoms with Gasteiger partial charge >= 0.3 is 0 Å². The lowest BCUT2D eigenvalue weighted by Gasteiger charge is -2.18. The van der Waals surface area contributed by atoms with Gasteiger partial charge in [-0.15, -0.1) is 0 Å². The van der Waals surface area contributed by atoms with Crippen molar-refractivity contribution in [3.8, 4) is 11.5 Å². The maximum atomic E-state index is 9.96. The van der Waals surface area contributed by atoms with E-state index in [1.54, 1.807) is 25.3 Å². The predicted octanol–water partition coefficient (Wildman–Crippen LogP) is 3.93. The molecule has 5 heteroatoms. The summed E-state index contributed by atoms with van der Waals surface area (Å²) >= 11 is 5.84. The summed E-state index contributed by atoms with van der Waals surface area (Å²) in [6, 6.07) is 8.67. The Balaban J connectivity index is 2.25. The Bertz CT molecular complexity index is 617. The van der Waals surface area contributed by atoms with Crippen LogP contribution in [0.5, 0.6) is 11.5 Å². The van der Waals surface area contributed by atoms with E-state index in [1.807, 2.05) is 26.0 Å². The topological polar surface area (TPSA) is 54.4 Å². The summed E-state index contributed by atoms with van der Waals surface area (Å²) in [6.07, 6.45) is 0. The van der Waals surface area contributed by atoms with E-state index in [1.165, 1.54) is 0 Å². The van der Waals surface area contributed by atoms with E-state index in [9.17, 15) is 5.11 Å². The van der Waals surface area contributed by atoms with Gasteiger partial charge in [-0.05, 0) is 44.2 Å². The van der Waals surface area contributed by atoms with Crippen molar-refractivity contribution in [1.29, 1.82) is 0 Å². The fourth-order valence-electron chi connectivity index (χ4n) is 2.00. The summed E-state index contributed by atoms with van der Waals surface area (Å²) in [4.78, 5) is 4.19. The molecule has 2 rings (SSSR count). The van der Waals surface area contributed by atoms with Crippen molar-refractivity contribution >= 4 is 17.3 Å². The molecule has 0 aliphatic carbocycles.